The average molecular weight is 423 g/mol. The molecule has 2 amide bonds. The lowest BCUT2D eigenvalue weighted by Crippen LogP contribution is -2.57. The number of carbonyl (C=O) groups excluding carboxylic acids is 2. The molecule has 3 fully saturated rings. The summed E-state index contributed by atoms with van der Waals surface area (Å²) < 4.78 is 0. The Hall–Kier alpha value is -2.39. The average Bonchev–Trinajstić information content (AvgIpc) is 3.19. The first-order chi connectivity index (χ1) is 15.0. The Kier molecular flexibility index (Phi) is 6.62. The first-order valence-electron chi connectivity index (χ1n) is 11.8. The Morgan fingerprint density at radius 1 is 1.03 bits per heavy atom. The zero-order valence-corrected chi connectivity index (χ0v) is 18.7. The van der Waals surface area contributed by atoms with Gasteiger partial charge in [-0.2, -0.15) is 5.26 Å². The van der Waals surface area contributed by atoms with Crippen molar-refractivity contribution in [1.29, 1.82) is 5.26 Å². The third kappa shape index (κ3) is 4.34. The highest BCUT2D eigenvalue weighted by Crippen LogP contribution is 2.41. The van der Waals surface area contributed by atoms with Crippen LogP contribution in [0.4, 0.5) is 0 Å². The van der Waals surface area contributed by atoms with E-state index >= 15 is 0 Å². The fraction of sp³-hybridized carbons (Fsp3) is 0.640. The van der Waals surface area contributed by atoms with Crippen molar-refractivity contribution >= 4 is 11.8 Å². The molecule has 166 valence electrons. The van der Waals surface area contributed by atoms with E-state index in [1.54, 1.807) is 0 Å². The molecule has 4 atom stereocenters. The van der Waals surface area contributed by atoms with Crippen molar-refractivity contribution in [2.75, 3.05) is 26.2 Å². The van der Waals surface area contributed by atoms with E-state index in [1.807, 2.05) is 40.1 Å². The number of likely N-dealkylation sites (tertiary alicyclic amines) is 1. The second-order valence-electron chi connectivity index (χ2n) is 9.62. The van der Waals surface area contributed by atoms with Crippen LogP contribution in [0, 0.1) is 23.2 Å². The molecule has 2 heterocycles. The Labute approximate surface area is 185 Å². The standard InChI is InChI=1S/C25H34N4O2/c1-18(2)23(17-26)27-12-14-28(15-13-27)25(31)22-16-20-10-6-7-11-21(20)29(22)24(30)19-8-4-3-5-9-19/h3-5,8-9,18,20-23H,6-7,10-16H2,1-2H3. The molecule has 0 bridgehead atoms. The normalized spacial score (nSPS) is 27.6. The minimum Gasteiger partial charge on any atom is -0.338 e. The van der Waals surface area contributed by atoms with Gasteiger partial charge in [0.25, 0.3) is 5.91 Å². The van der Waals surface area contributed by atoms with E-state index < -0.39 is 0 Å². The summed E-state index contributed by atoms with van der Waals surface area (Å²) in [5.41, 5.74) is 0.671. The van der Waals surface area contributed by atoms with Gasteiger partial charge in [0.2, 0.25) is 5.91 Å². The number of hydrogen-bond donors (Lipinski definition) is 0. The number of nitriles is 1. The molecule has 1 aromatic rings. The molecule has 1 aromatic carbocycles. The van der Waals surface area contributed by atoms with Crippen LogP contribution in [0.15, 0.2) is 30.3 Å². The number of amides is 2. The van der Waals surface area contributed by atoms with E-state index in [-0.39, 0.29) is 35.9 Å². The molecule has 1 aliphatic carbocycles. The summed E-state index contributed by atoms with van der Waals surface area (Å²) in [5.74, 6) is 0.789. The van der Waals surface area contributed by atoms with Crippen molar-refractivity contribution in [3.05, 3.63) is 35.9 Å². The van der Waals surface area contributed by atoms with E-state index in [2.05, 4.69) is 24.8 Å². The Morgan fingerprint density at radius 2 is 1.71 bits per heavy atom. The molecule has 2 saturated heterocycles. The lowest BCUT2D eigenvalue weighted by Gasteiger charge is -2.40. The maximum absolute atomic E-state index is 13.6. The van der Waals surface area contributed by atoms with Crippen LogP contribution in [-0.2, 0) is 4.79 Å². The van der Waals surface area contributed by atoms with E-state index in [9.17, 15) is 14.9 Å². The van der Waals surface area contributed by atoms with Crippen molar-refractivity contribution in [3.8, 4) is 6.07 Å². The molecule has 6 heteroatoms. The largest absolute Gasteiger partial charge is 0.338 e. The minimum absolute atomic E-state index is 0.00339. The molecular weight excluding hydrogens is 388 g/mol. The van der Waals surface area contributed by atoms with Gasteiger partial charge in [0.15, 0.2) is 0 Å². The van der Waals surface area contributed by atoms with Crippen LogP contribution < -0.4 is 0 Å². The highest BCUT2D eigenvalue weighted by atomic mass is 16.2. The predicted molar refractivity (Wildman–Crippen MR) is 119 cm³/mol. The quantitative estimate of drug-likeness (QED) is 0.748. The fourth-order valence-electron chi connectivity index (χ4n) is 5.79. The molecule has 31 heavy (non-hydrogen) atoms. The maximum atomic E-state index is 13.6. The van der Waals surface area contributed by atoms with E-state index in [0.29, 0.717) is 37.7 Å². The topological polar surface area (TPSA) is 67.7 Å². The van der Waals surface area contributed by atoms with Crippen molar-refractivity contribution in [2.45, 2.75) is 64.1 Å². The van der Waals surface area contributed by atoms with Gasteiger partial charge in [0.1, 0.15) is 12.1 Å². The molecule has 4 rings (SSSR count). The van der Waals surface area contributed by atoms with E-state index in [4.69, 9.17) is 0 Å². The van der Waals surface area contributed by atoms with Gasteiger partial charge >= 0.3 is 0 Å². The molecule has 0 radical (unpaired) electrons. The molecule has 6 nitrogen and oxygen atoms in total. The van der Waals surface area contributed by atoms with E-state index in [1.165, 1.54) is 6.42 Å². The number of carbonyl (C=O) groups is 2. The van der Waals surface area contributed by atoms with Crippen molar-refractivity contribution in [1.82, 2.24) is 14.7 Å². The highest BCUT2D eigenvalue weighted by molar-refractivity contribution is 5.98. The molecule has 3 aliphatic rings. The Bertz CT molecular complexity index is 826. The van der Waals surface area contributed by atoms with Gasteiger partial charge in [0.05, 0.1) is 6.07 Å². The molecule has 0 N–H and O–H groups in total. The molecule has 2 aliphatic heterocycles. The molecule has 0 spiro atoms. The van der Waals surface area contributed by atoms with Gasteiger partial charge in [-0.05, 0) is 43.2 Å². The number of hydrogen-bond acceptors (Lipinski definition) is 4. The van der Waals surface area contributed by atoms with E-state index in [0.717, 1.165) is 25.7 Å². The summed E-state index contributed by atoms with van der Waals surface area (Å²) in [7, 11) is 0. The molecule has 0 aromatic heterocycles. The van der Waals surface area contributed by atoms with Gasteiger partial charge in [-0.1, -0.05) is 44.9 Å². The predicted octanol–water partition coefficient (Wildman–Crippen LogP) is 3.15. The number of benzene rings is 1. The summed E-state index contributed by atoms with van der Waals surface area (Å²) in [6.45, 7) is 6.83. The fourth-order valence-corrected chi connectivity index (χ4v) is 5.79. The number of piperazine rings is 1. The van der Waals surface area contributed by atoms with Crippen LogP contribution in [0.2, 0.25) is 0 Å². The maximum Gasteiger partial charge on any atom is 0.254 e. The van der Waals surface area contributed by atoms with Crippen molar-refractivity contribution < 1.29 is 9.59 Å². The second-order valence-corrected chi connectivity index (χ2v) is 9.62. The number of fused-ring (bicyclic) bond motifs is 1. The molecular formula is C25H34N4O2. The van der Waals surface area contributed by atoms with Crippen molar-refractivity contribution in [2.24, 2.45) is 11.8 Å². The highest BCUT2D eigenvalue weighted by Gasteiger charge is 2.48. The zero-order valence-electron chi connectivity index (χ0n) is 18.7. The third-order valence-corrected chi connectivity index (χ3v) is 7.41. The Morgan fingerprint density at radius 3 is 2.35 bits per heavy atom. The lowest BCUT2D eigenvalue weighted by molar-refractivity contribution is -0.137. The summed E-state index contributed by atoms with van der Waals surface area (Å²) in [6.07, 6.45) is 5.22. The van der Waals surface area contributed by atoms with Crippen LogP contribution in [0.5, 0.6) is 0 Å². The van der Waals surface area contributed by atoms with Crippen LogP contribution in [0.25, 0.3) is 0 Å². The first kappa shape index (κ1) is 21.8. The van der Waals surface area contributed by atoms with Crippen LogP contribution in [-0.4, -0.2) is 70.8 Å². The Balaban J connectivity index is 1.50. The number of rotatable bonds is 4. The van der Waals surface area contributed by atoms with Crippen molar-refractivity contribution in [3.63, 3.8) is 0 Å². The first-order valence-corrected chi connectivity index (χ1v) is 11.8. The van der Waals surface area contributed by atoms with Crippen LogP contribution >= 0.6 is 0 Å². The van der Waals surface area contributed by atoms with Gasteiger partial charge in [-0.15, -0.1) is 0 Å². The summed E-state index contributed by atoms with van der Waals surface area (Å²) in [5, 5.41) is 9.50. The van der Waals surface area contributed by atoms with Crippen LogP contribution in [0.1, 0.15) is 56.3 Å². The third-order valence-electron chi connectivity index (χ3n) is 7.41. The van der Waals surface area contributed by atoms with Crippen LogP contribution in [0.3, 0.4) is 0 Å². The molecule has 1 saturated carbocycles. The summed E-state index contributed by atoms with van der Waals surface area (Å²) >= 11 is 0. The lowest BCUT2D eigenvalue weighted by atomic mass is 9.84. The zero-order chi connectivity index (χ0) is 22.0. The summed E-state index contributed by atoms with van der Waals surface area (Å²) in [4.78, 5) is 33.1. The second kappa shape index (κ2) is 9.40. The minimum atomic E-state index is -0.357. The van der Waals surface area contributed by atoms with Gasteiger partial charge in [0, 0.05) is 37.8 Å². The van der Waals surface area contributed by atoms with Gasteiger partial charge in [-0.3, -0.25) is 14.5 Å². The molecule has 4 unspecified atom stereocenters. The number of nitrogens with zero attached hydrogens (tertiary/aromatic N) is 4. The van der Waals surface area contributed by atoms with Gasteiger partial charge in [-0.25, -0.2) is 0 Å². The smallest absolute Gasteiger partial charge is 0.254 e. The SMILES string of the molecule is CC(C)C(C#N)N1CCN(C(=O)C2CC3CCCCC3N2C(=O)c2ccccc2)CC1. The monoisotopic (exact) mass is 422 g/mol. The summed E-state index contributed by atoms with van der Waals surface area (Å²) in [6, 6.07) is 11.5. The van der Waals surface area contributed by atoms with Gasteiger partial charge < -0.3 is 9.80 Å².